The van der Waals surface area contributed by atoms with Crippen LogP contribution in [0.15, 0.2) is 11.4 Å². The number of anilines is 1. The summed E-state index contributed by atoms with van der Waals surface area (Å²) in [4.78, 5) is 8.81. The molecule has 0 fully saturated rings. The molecular weight excluding hydrogens is 242 g/mol. The normalized spacial score (nSPS) is 11.3. The number of hydrogen-bond donors (Lipinski definition) is 1. The predicted molar refractivity (Wildman–Crippen MR) is 80.5 cm³/mol. The second kappa shape index (κ2) is 7.62. The van der Waals surface area contributed by atoms with Crippen molar-refractivity contribution in [3.8, 4) is 0 Å². The van der Waals surface area contributed by atoms with Gasteiger partial charge in [0.2, 0.25) is 0 Å². The molecular formula is C14H25N3S. The zero-order chi connectivity index (χ0) is 13.5. The SMILES string of the molecule is CCNc1ncnc(SCCC(C)C)c1C(C)C. The van der Waals surface area contributed by atoms with Crippen LogP contribution in [0, 0.1) is 5.92 Å². The lowest BCUT2D eigenvalue weighted by Gasteiger charge is -2.16. The Morgan fingerprint density at radius 3 is 2.50 bits per heavy atom. The summed E-state index contributed by atoms with van der Waals surface area (Å²) in [6, 6.07) is 0. The predicted octanol–water partition coefficient (Wildman–Crippen LogP) is 4.17. The van der Waals surface area contributed by atoms with Gasteiger partial charge in [0.05, 0.1) is 0 Å². The smallest absolute Gasteiger partial charge is 0.133 e. The van der Waals surface area contributed by atoms with E-state index in [2.05, 4.69) is 49.9 Å². The molecule has 0 spiro atoms. The summed E-state index contributed by atoms with van der Waals surface area (Å²) in [6.07, 6.45) is 2.89. The minimum atomic E-state index is 0.446. The van der Waals surface area contributed by atoms with Crippen molar-refractivity contribution in [2.24, 2.45) is 5.92 Å². The number of thioether (sulfide) groups is 1. The molecule has 0 radical (unpaired) electrons. The third kappa shape index (κ3) is 4.48. The summed E-state index contributed by atoms with van der Waals surface area (Å²) < 4.78 is 0. The highest BCUT2D eigenvalue weighted by Gasteiger charge is 2.14. The van der Waals surface area contributed by atoms with E-state index in [1.54, 1.807) is 6.33 Å². The minimum absolute atomic E-state index is 0.446. The molecule has 0 unspecified atom stereocenters. The van der Waals surface area contributed by atoms with Crippen molar-refractivity contribution in [3.63, 3.8) is 0 Å². The molecule has 0 saturated heterocycles. The molecule has 1 aromatic rings. The second-order valence-corrected chi connectivity index (χ2v) is 6.24. The summed E-state index contributed by atoms with van der Waals surface area (Å²) in [5.41, 5.74) is 1.26. The van der Waals surface area contributed by atoms with Crippen LogP contribution in [-0.4, -0.2) is 22.3 Å². The van der Waals surface area contributed by atoms with E-state index in [9.17, 15) is 0 Å². The van der Waals surface area contributed by atoms with E-state index in [1.807, 2.05) is 11.8 Å². The van der Waals surface area contributed by atoms with E-state index in [0.717, 1.165) is 29.1 Å². The van der Waals surface area contributed by atoms with Crippen molar-refractivity contribution in [2.45, 2.75) is 52.0 Å². The average molecular weight is 267 g/mol. The van der Waals surface area contributed by atoms with E-state index in [4.69, 9.17) is 0 Å². The first kappa shape index (κ1) is 15.3. The first-order chi connectivity index (χ1) is 8.56. The molecule has 0 aliphatic heterocycles. The summed E-state index contributed by atoms with van der Waals surface area (Å²) in [7, 11) is 0. The number of rotatable bonds is 7. The first-order valence-electron chi connectivity index (χ1n) is 6.77. The second-order valence-electron chi connectivity index (χ2n) is 5.16. The maximum absolute atomic E-state index is 4.45. The summed E-state index contributed by atoms with van der Waals surface area (Å²) in [5.74, 6) is 3.31. The Morgan fingerprint density at radius 1 is 1.22 bits per heavy atom. The third-order valence-electron chi connectivity index (χ3n) is 2.70. The van der Waals surface area contributed by atoms with Crippen molar-refractivity contribution in [1.82, 2.24) is 9.97 Å². The molecule has 102 valence electrons. The zero-order valence-electron chi connectivity index (χ0n) is 12.2. The number of nitrogens with one attached hydrogen (secondary N) is 1. The Balaban J connectivity index is 2.85. The van der Waals surface area contributed by atoms with Crippen LogP contribution < -0.4 is 5.32 Å². The van der Waals surface area contributed by atoms with Gasteiger partial charge in [0.1, 0.15) is 17.2 Å². The van der Waals surface area contributed by atoms with E-state index in [0.29, 0.717) is 5.92 Å². The van der Waals surface area contributed by atoms with Gasteiger partial charge in [0, 0.05) is 12.1 Å². The lowest BCUT2D eigenvalue weighted by atomic mass is 10.1. The molecule has 3 nitrogen and oxygen atoms in total. The zero-order valence-corrected chi connectivity index (χ0v) is 13.0. The van der Waals surface area contributed by atoms with Crippen LogP contribution in [0.1, 0.15) is 52.5 Å². The summed E-state index contributed by atoms with van der Waals surface area (Å²) >= 11 is 1.85. The van der Waals surface area contributed by atoms with Crippen LogP contribution >= 0.6 is 11.8 Å². The van der Waals surface area contributed by atoms with Crippen LogP contribution in [0.25, 0.3) is 0 Å². The summed E-state index contributed by atoms with van der Waals surface area (Å²) in [6.45, 7) is 11.9. The monoisotopic (exact) mass is 267 g/mol. The van der Waals surface area contributed by atoms with Gasteiger partial charge in [-0.3, -0.25) is 0 Å². The van der Waals surface area contributed by atoms with Gasteiger partial charge in [0.15, 0.2) is 0 Å². The van der Waals surface area contributed by atoms with Crippen molar-refractivity contribution in [2.75, 3.05) is 17.6 Å². The van der Waals surface area contributed by atoms with Gasteiger partial charge in [-0.1, -0.05) is 27.7 Å². The average Bonchev–Trinajstić information content (AvgIpc) is 2.28. The van der Waals surface area contributed by atoms with Gasteiger partial charge >= 0.3 is 0 Å². The standard InChI is InChI=1S/C14H25N3S/c1-6-15-13-12(11(4)5)14(17-9-16-13)18-8-7-10(2)3/h9-11H,6-8H2,1-5H3,(H,15,16,17). The molecule has 0 atom stereocenters. The molecule has 0 aromatic carbocycles. The lowest BCUT2D eigenvalue weighted by molar-refractivity contribution is 0.631. The molecule has 1 heterocycles. The van der Waals surface area contributed by atoms with Gasteiger partial charge in [-0.25, -0.2) is 9.97 Å². The Hall–Kier alpha value is -0.770. The van der Waals surface area contributed by atoms with Crippen molar-refractivity contribution in [1.29, 1.82) is 0 Å². The van der Waals surface area contributed by atoms with E-state index < -0.39 is 0 Å². The molecule has 0 aliphatic carbocycles. The topological polar surface area (TPSA) is 37.8 Å². The number of aromatic nitrogens is 2. The molecule has 4 heteroatoms. The molecule has 18 heavy (non-hydrogen) atoms. The quantitative estimate of drug-likeness (QED) is 0.594. The van der Waals surface area contributed by atoms with Gasteiger partial charge < -0.3 is 5.32 Å². The van der Waals surface area contributed by atoms with E-state index in [1.165, 1.54) is 12.0 Å². The van der Waals surface area contributed by atoms with Gasteiger partial charge in [-0.15, -0.1) is 11.8 Å². The minimum Gasteiger partial charge on any atom is -0.370 e. The highest BCUT2D eigenvalue weighted by molar-refractivity contribution is 7.99. The maximum Gasteiger partial charge on any atom is 0.133 e. The molecule has 1 aromatic heterocycles. The van der Waals surface area contributed by atoms with Crippen molar-refractivity contribution >= 4 is 17.6 Å². The molecule has 1 rings (SSSR count). The Kier molecular flexibility index (Phi) is 6.47. The number of nitrogens with zero attached hydrogens (tertiary/aromatic N) is 2. The highest BCUT2D eigenvalue weighted by Crippen LogP contribution is 2.31. The van der Waals surface area contributed by atoms with Crippen LogP contribution in [0.5, 0.6) is 0 Å². The fraction of sp³-hybridized carbons (Fsp3) is 0.714. The van der Waals surface area contributed by atoms with Gasteiger partial charge in [0.25, 0.3) is 0 Å². The largest absolute Gasteiger partial charge is 0.370 e. The molecule has 0 saturated carbocycles. The van der Waals surface area contributed by atoms with Crippen LogP contribution in [0.3, 0.4) is 0 Å². The Bertz CT molecular complexity index is 364. The van der Waals surface area contributed by atoms with Crippen LogP contribution in [0.2, 0.25) is 0 Å². The fourth-order valence-corrected chi connectivity index (χ4v) is 3.11. The van der Waals surface area contributed by atoms with Crippen molar-refractivity contribution in [3.05, 3.63) is 11.9 Å². The first-order valence-corrected chi connectivity index (χ1v) is 7.76. The maximum atomic E-state index is 4.45. The summed E-state index contributed by atoms with van der Waals surface area (Å²) in [5, 5.41) is 4.47. The highest BCUT2D eigenvalue weighted by atomic mass is 32.2. The van der Waals surface area contributed by atoms with Gasteiger partial charge in [-0.2, -0.15) is 0 Å². The molecule has 1 N–H and O–H groups in total. The third-order valence-corrected chi connectivity index (χ3v) is 3.74. The van der Waals surface area contributed by atoms with Gasteiger partial charge in [-0.05, 0) is 30.9 Å². The molecule has 0 aliphatic rings. The van der Waals surface area contributed by atoms with E-state index in [-0.39, 0.29) is 0 Å². The molecule has 0 amide bonds. The number of hydrogen-bond acceptors (Lipinski definition) is 4. The fourth-order valence-electron chi connectivity index (χ4n) is 1.71. The molecule has 0 bridgehead atoms. The van der Waals surface area contributed by atoms with Crippen molar-refractivity contribution < 1.29 is 0 Å². The van der Waals surface area contributed by atoms with Crippen LogP contribution in [0.4, 0.5) is 5.82 Å². The van der Waals surface area contributed by atoms with Crippen LogP contribution in [-0.2, 0) is 0 Å². The lowest BCUT2D eigenvalue weighted by Crippen LogP contribution is -2.07. The Morgan fingerprint density at radius 2 is 1.94 bits per heavy atom. The Labute approximate surface area is 115 Å². The van der Waals surface area contributed by atoms with E-state index >= 15 is 0 Å².